The molecule has 0 radical (unpaired) electrons. The van der Waals surface area contributed by atoms with Gasteiger partial charge in [0.25, 0.3) is 0 Å². The van der Waals surface area contributed by atoms with Gasteiger partial charge in [-0.05, 0) is 25.3 Å². The zero-order chi connectivity index (χ0) is 17.8. The van der Waals surface area contributed by atoms with Gasteiger partial charge in [0.05, 0.1) is 6.04 Å². The number of aryl methyl sites for hydroxylation is 1. The van der Waals surface area contributed by atoms with E-state index < -0.39 is 0 Å². The third kappa shape index (κ3) is 4.09. The fourth-order valence-electron chi connectivity index (χ4n) is 3.85. The first kappa shape index (κ1) is 17.6. The Bertz CT molecular complexity index is 655. The van der Waals surface area contributed by atoms with E-state index in [1.54, 1.807) is 0 Å². The van der Waals surface area contributed by atoms with E-state index in [2.05, 4.69) is 25.1 Å². The van der Waals surface area contributed by atoms with Gasteiger partial charge in [-0.1, -0.05) is 42.7 Å². The number of benzene rings is 1. The van der Waals surface area contributed by atoms with E-state index >= 15 is 0 Å². The number of hydrogen-bond acceptors (Lipinski definition) is 3. The first-order valence-corrected chi connectivity index (χ1v) is 9.25. The molecule has 2 saturated heterocycles. The van der Waals surface area contributed by atoms with E-state index in [0.717, 1.165) is 32.2 Å². The zero-order valence-electron chi connectivity index (χ0n) is 14.9. The lowest BCUT2D eigenvalue weighted by Gasteiger charge is -2.31. The summed E-state index contributed by atoms with van der Waals surface area (Å²) in [5.41, 5.74) is 2.38. The molecule has 5 heteroatoms. The van der Waals surface area contributed by atoms with Crippen molar-refractivity contribution in [2.45, 2.75) is 57.9 Å². The number of carbonyl (C=O) groups is 3. The fourth-order valence-corrected chi connectivity index (χ4v) is 3.85. The molecule has 1 aromatic carbocycles. The van der Waals surface area contributed by atoms with Gasteiger partial charge in [-0.2, -0.15) is 0 Å². The van der Waals surface area contributed by atoms with Crippen molar-refractivity contribution in [3.63, 3.8) is 0 Å². The Morgan fingerprint density at radius 3 is 2.60 bits per heavy atom. The van der Waals surface area contributed by atoms with Gasteiger partial charge in [0.1, 0.15) is 0 Å². The SMILES string of the molecule is Cc1cccc([C@H]2CCCCCN2C(=O)CCN2C(=O)CCC2=O)c1. The van der Waals surface area contributed by atoms with Gasteiger partial charge >= 0.3 is 0 Å². The highest BCUT2D eigenvalue weighted by atomic mass is 16.2. The van der Waals surface area contributed by atoms with Crippen LogP contribution in [0.5, 0.6) is 0 Å². The van der Waals surface area contributed by atoms with Crippen molar-refractivity contribution < 1.29 is 14.4 Å². The summed E-state index contributed by atoms with van der Waals surface area (Å²) in [7, 11) is 0. The van der Waals surface area contributed by atoms with Crippen LogP contribution in [0.1, 0.15) is 62.1 Å². The molecular formula is C20H26N2O3. The van der Waals surface area contributed by atoms with Gasteiger partial charge in [-0.25, -0.2) is 0 Å². The minimum Gasteiger partial charge on any atom is -0.336 e. The van der Waals surface area contributed by atoms with Crippen molar-refractivity contribution in [1.82, 2.24) is 9.80 Å². The van der Waals surface area contributed by atoms with Gasteiger partial charge < -0.3 is 4.90 Å². The number of rotatable bonds is 4. The van der Waals surface area contributed by atoms with Crippen molar-refractivity contribution in [1.29, 1.82) is 0 Å². The summed E-state index contributed by atoms with van der Waals surface area (Å²) in [6, 6.07) is 8.46. The second kappa shape index (κ2) is 7.81. The molecule has 3 amide bonds. The molecule has 25 heavy (non-hydrogen) atoms. The number of carbonyl (C=O) groups excluding carboxylic acids is 3. The lowest BCUT2D eigenvalue weighted by Crippen LogP contribution is -2.38. The standard InChI is InChI=1S/C20H26N2O3/c1-15-6-5-7-16(14-15)17-8-3-2-4-12-21(17)20(25)11-13-22-18(23)9-10-19(22)24/h5-7,14,17H,2-4,8-13H2,1H3/t17-/m1/s1. The Hall–Kier alpha value is -2.17. The first-order valence-electron chi connectivity index (χ1n) is 9.25. The topological polar surface area (TPSA) is 57.7 Å². The van der Waals surface area contributed by atoms with Crippen LogP contribution in [-0.4, -0.2) is 40.6 Å². The highest BCUT2D eigenvalue weighted by molar-refractivity contribution is 6.02. The number of amides is 3. The summed E-state index contributed by atoms with van der Waals surface area (Å²) in [5, 5.41) is 0. The average molecular weight is 342 g/mol. The number of likely N-dealkylation sites (tertiary alicyclic amines) is 2. The summed E-state index contributed by atoms with van der Waals surface area (Å²) in [5.74, 6) is -0.256. The van der Waals surface area contributed by atoms with E-state index in [0.29, 0.717) is 0 Å². The number of imide groups is 1. The molecule has 0 bridgehead atoms. The molecule has 0 N–H and O–H groups in total. The fraction of sp³-hybridized carbons (Fsp3) is 0.550. The minimum atomic E-state index is -0.149. The number of hydrogen-bond donors (Lipinski definition) is 0. The van der Waals surface area contributed by atoms with Crippen molar-refractivity contribution in [2.24, 2.45) is 0 Å². The molecule has 2 aliphatic heterocycles. The largest absolute Gasteiger partial charge is 0.336 e. The summed E-state index contributed by atoms with van der Waals surface area (Å²) in [4.78, 5) is 39.5. The maximum absolute atomic E-state index is 12.9. The van der Waals surface area contributed by atoms with Crippen LogP contribution in [0.3, 0.4) is 0 Å². The highest BCUT2D eigenvalue weighted by Gasteiger charge is 2.31. The second-order valence-electron chi connectivity index (χ2n) is 7.06. The van der Waals surface area contributed by atoms with Crippen LogP contribution in [0, 0.1) is 6.92 Å². The minimum absolute atomic E-state index is 0.0425. The Labute approximate surface area is 149 Å². The molecule has 3 rings (SSSR count). The second-order valence-corrected chi connectivity index (χ2v) is 7.06. The molecule has 134 valence electrons. The van der Waals surface area contributed by atoms with Crippen molar-refractivity contribution >= 4 is 17.7 Å². The van der Waals surface area contributed by atoms with Crippen LogP contribution in [0.4, 0.5) is 0 Å². The maximum atomic E-state index is 12.9. The van der Waals surface area contributed by atoms with E-state index in [1.165, 1.54) is 16.0 Å². The molecule has 0 aliphatic carbocycles. The monoisotopic (exact) mass is 342 g/mol. The van der Waals surface area contributed by atoms with Gasteiger partial charge in [0, 0.05) is 32.4 Å². The van der Waals surface area contributed by atoms with Gasteiger partial charge in [0.15, 0.2) is 0 Å². The summed E-state index contributed by atoms with van der Waals surface area (Å²) in [6.45, 7) is 3.03. The van der Waals surface area contributed by atoms with Crippen LogP contribution in [0.2, 0.25) is 0 Å². The predicted molar refractivity (Wildman–Crippen MR) is 94.7 cm³/mol. The molecule has 1 aromatic rings. The van der Waals surface area contributed by atoms with Crippen LogP contribution in [0.15, 0.2) is 24.3 Å². The van der Waals surface area contributed by atoms with Gasteiger partial charge in [0.2, 0.25) is 17.7 Å². The highest BCUT2D eigenvalue weighted by Crippen LogP contribution is 2.31. The molecule has 0 spiro atoms. The van der Waals surface area contributed by atoms with Crippen molar-refractivity contribution in [3.05, 3.63) is 35.4 Å². The van der Waals surface area contributed by atoms with Crippen molar-refractivity contribution in [2.75, 3.05) is 13.1 Å². The summed E-state index contributed by atoms with van der Waals surface area (Å²) in [6.07, 6.45) is 5.01. The van der Waals surface area contributed by atoms with E-state index in [-0.39, 0.29) is 49.6 Å². The molecule has 5 nitrogen and oxygen atoms in total. The Balaban J connectivity index is 1.71. The van der Waals surface area contributed by atoms with Crippen LogP contribution in [0.25, 0.3) is 0 Å². The predicted octanol–water partition coefficient (Wildman–Crippen LogP) is 2.98. The molecule has 0 unspecified atom stereocenters. The molecule has 0 saturated carbocycles. The van der Waals surface area contributed by atoms with Crippen LogP contribution in [-0.2, 0) is 14.4 Å². The normalized spacial score (nSPS) is 21.6. The maximum Gasteiger partial charge on any atom is 0.229 e. The molecule has 2 fully saturated rings. The third-order valence-corrected chi connectivity index (χ3v) is 5.20. The molecular weight excluding hydrogens is 316 g/mol. The van der Waals surface area contributed by atoms with Crippen LogP contribution >= 0.6 is 0 Å². The summed E-state index contributed by atoms with van der Waals surface area (Å²) >= 11 is 0. The Kier molecular flexibility index (Phi) is 5.51. The van der Waals surface area contributed by atoms with E-state index in [4.69, 9.17) is 0 Å². The summed E-state index contributed by atoms with van der Waals surface area (Å²) < 4.78 is 0. The number of nitrogens with zero attached hydrogens (tertiary/aromatic N) is 2. The molecule has 2 heterocycles. The Morgan fingerprint density at radius 2 is 1.88 bits per heavy atom. The van der Waals surface area contributed by atoms with Crippen LogP contribution < -0.4 is 0 Å². The van der Waals surface area contributed by atoms with E-state index in [9.17, 15) is 14.4 Å². The zero-order valence-corrected chi connectivity index (χ0v) is 14.9. The molecule has 1 atom stereocenters. The lowest BCUT2D eigenvalue weighted by atomic mass is 9.99. The van der Waals surface area contributed by atoms with Gasteiger partial charge in [-0.3, -0.25) is 19.3 Å². The quantitative estimate of drug-likeness (QED) is 0.791. The average Bonchev–Trinajstić information content (AvgIpc) is 2.79. The van der Waals surface area contributed by atoms with Gasteiger partial charge in [-0.15, -0.1) is 0 Å². The first-order chi connectivity index (χ1) is 12.1. The molecule has 2 aliphatic rings. The third-order valence-electron chi connectivity index (χ3n) is 5.20. The van der Waals surface area contributed by atoms with E-state index in [1.807, 2.05) is 11.0 Å². The molecule has 0 aromatic heterocycles. The van der Waals surface area contributed by atoms with Crippen molar-refractivity contribution in [3.8, 4) is 0 Å². The smallest absolute Gasteiger partial charge is 0.229 e. The Morgan fingerprint density at radius 1 is 1.12 bits per heavy atom. The lowest BCUT2D eigenvalue weighted by molar-refractivity contribution is -0.140.